The third kappa shape index (κ3) is 3.87. The van der Waals surface area contributed by atoms with Crippen molar-refractivity contribution in [3.63, 3.8) is 0 Å². The molecule has 0 aliphatic rings. The molecule has 1 unspecified atom stereocenters. The van der Waals surface area contributed by atoms with Crippen LogP contribution in [-0.4, -0.2) is 23.0 Å². The van der Waals surface area contributed by atoms with Crippen LogP contribution in [0.3, 0.4) is 0 Å². The zero-order valence-electron chi connectivity index (χ0n) is 10.3. The molecule has 6 heteroatoms. The van der Waals surface area contributed by atoms with E-state index in [1.54, 1.807) is 13.0 Å². The topological polar surface area (TPSA) is 79.5 Å². The molecule has 18 heavy (non-hydrogen) atoms. The number of aliphatic carboxylic acids is 1. The van der Waals surface area contributed by atoms with E-state index in [-0.39, 0.29) is 5.76 Å². The number of unbranched alkanes of at least 4 members (excludes halogenated alkanes) is 1. The van der Waals surface area contributed by atoms with Gasteiger partial charge < -0.3 is 14.8 Å². The Morgan fingerprint density at radius 3 is 2.67 bits per heavy atom. The molecule has 1 aromatic heterocycles. The molecule has 2 N–H and O–H groups in total. The summed E-state index contributed by atoms with van der Waals surface area (Å²) in [7, 11) is 0. The number of carbonyl (C=O) groups excluding carboxylic acids is 1. The van der Waals surface area contributed by atoms with Gasteiger partial charge in [-0.05, 0) is 35.3 Å². The first kappa shape index (κ1) is 14.8. The Labute approximate surface area is 114 Å². The van der Waals surface area contributed by atoms with Crippen molar-refractivity contribution in [2.75, 3.05) is 0 Å². The lowest BCUT2D eigenvalue weighted by Gasteiger charge is -2.13. The first-order valence-corrected chi connectivity index (χ1v) is 6.54. The molecule has 1 aromatic rings. The molecule has 100 valence electrons. The van der Waals surface area contributed by atoms with Gasteiger partial charge in [-0.25, -0.2) is 4.79 Å². The smallest absolute Gasteiger partial charge is 0.326 e. The lowest BCUT2D eigenvalue weighted by atomic mass is 10.1. The highest BCUT2D eigenvalue weighted by atomic mass is 79.9. The predicted octanol–water partition coefficient (Wildman–Crippen LogP) is 2.72. The van der Waals surface area contributed by atoms with E-state index in [4.69, 9.17) is 9.52 Å². The molecule has 0 radical (unpaired) electrons. The highest BCUT2D eigenvalue weighted by Crippen LogP contribution is 2.19. The molecule has 1 atom stereocenters. The van der Waals surface area contributed by atoms with Gasteiger partial charge in [-0.15, -0.1) is 0 Å². The lowest BCUT2D eigenvalue weighted by Crippen LogP contribution is -2.40. The number of carbonyl (C=O) groups is 2. The normalized spacial score (nSPS) is 12.2. The standard InChI is InChI=1S/C12H16BrNO4/c1-3-4-5-8(12(16)17)14-11(15)10-7(2)6-9(13)18-10/h6,8H,3-5H2,1-2H3,(H,14,15)(H,16,17). The number of hydrogen-bond acceptors (Lipinski definition) is 3. The van der Waals surface area contributed by atoms with Crippen molar-refractivity contribution in [3.8, 4) is 0 Å². The second-order valence-electron chi connectivity index (χ2n) is 4.07. The van der Waals surface area contributed by atoms with Crippen molar-refractivity contribution in [2.45, 2.75) is 39.2 Å². The van der Waals surface area contributed by atoms with Crippen molar-refractivity contribution < 1.29 is 19.1 Å². The summed E-state index contributed by atoms with van der Waals surface area (Å²) in [6, 6.07) is 0.789. The molecule has 1 amide bonds. The van der Waals surface area contributed by atoms with E-state index >= 15 is 0 Å². The molecule has 1 rings (SSSR count). The molecule has 0 spiro atoms. The number of aryl methyl sites for hydroxylation is 1. The maximum atomic E-state index is 11.9. The SMILES string of the molecule is CCCCC(NC(=O)c1oc(Br)cc1C)C(=O)O. The van der Waals surface area contributed by atoms with Gasteiger partial charge in [0.05, 0.1) is 0 Å². The van der Waals surface area contributed by atoms with Gasteiger partial charge in [0.2, 0.25) is 0 Å². The largest absolute Gasteiger partial charge is 0.480 e. The second kappa shape index (κ2) is 6.58. The molecular formula is C12H16BrNO4. The highest BCUT2D eigenvalue weighted by Gasteiger charge is 2.23. The quantitative estimate of drug-likeness (QED) is 0.845. The Balaban J connectivity index is 2.72. The van der Waals surface area contributed by atoms with Crippen molar-refractivity contribution in [1.82, 2.24) is 5.32 Å². The summed E-state index contributed by atoms with van der Waals surface area (Å²) in [6.45, 7) is 3.69. The van der Waals surface area contributed by atoms with Crippen LogP contribution >= 0.6 is 15.9 Å². The molecule has 0 bridgehead atoms. The number of nitrogens with one attached hydrogen (secondary N) is 1. The minimum atomic E-state index is -1.03. The Morgan fingerprint density at radius 1 is 1.56 bits per heavy atom. The third-order valence-electron chi connectivity index (χ3n) is 2.54. The molecule has 0 aliphatic heterocycles. The predicted molar refractivity (Wildman–Crippen MR) is 69.6 cm³/mol. The van der Waals surface area contributed by atoms with Crippen molar-refractivity contribution >= 4 is 27.8 Å². The molecule has 5 nitrogen and oxygen atoms in total. The van der Waals surface area contributed by atoms with Crippen molar-refractivity contribution in [3.05, 3.63) is 22.1 Å². The zero-order valence-corrected chi connectivity index (χ0v) is 11.9. The van der Waals surface area contributed by atoms with Gasteiger partial charge in [0, 0.05) is 5.56 Å². The van der Waals surface area contributed by atoms with E-state index in [0.717, 1.165) is 12.8 Å². The van der Waals surface area contributed by atoms with Gasteiger partial charge in [0.15, 0.2) is 10.4 Å². The highest BCUT2D eigenvalue weighted by molar-refractivity contribution is 9.10. The first-order valence-electron chi connectivity index (χ1n) is 5.75. The Bertz CT molecular complexity index is 441. The van der Waals surface area contributed by atoms with Gasteiger partial charge >= 0.3 is 5.97 Å². The fourth-order valence-electron chi connectivity index (χ4n) is 1.56. The van der Waals surface area contributed by atoms with Crippen LogP contribution in [0.1, 0.15) is 42.3 Å². The number of amides is 1. The number of furan rings is 1. The summed E-state index contributed by atoms with van der Waals surface area (Å²) in [5, 5.41) is 11.5. The molecule has 0 aromatic carbocycles. The minimum Gasteiger partial charge on any atom is -0.480 e. The van der Waals surface area contributed by atoms with Crippen LogP contribution in [0.5, 0.6) is 0 Å². The van der Waals surface area contributed by atoms with Gasteiger partial charge in [-0.1, -0.05) is 19.8 Å². The average molecular weight is 318 g/mol. The molecule has 1 heterocycles. The molecule has 0 aliphatic carbocycles. The lowest BCUT2D eigenvalue weighted by molar-refractivity contribution is -0.139. The zero-order chi connectivity index (χ0) is 13.7. The summed E-state index contributed by atoms with van der Waals surface area (Å²) >= 11 is 3.13. The maximum absolute atomic E-state index is 11.9. The molecule has 0 saturated heterocycles. The monoisotopic (exact) mass is 317 g/mol. The second-order valence-corrected chi connectivity index (χ2v) is 4.85. The third-order valence-corrected chi connectivity index (χ3v) is 2.93. The van der Waals surface area contributed by atoms with Crippen LogP contribution < -0.4 is 5.32 Å². The number of halogens is 1. The van der Waals surface area contributed by atoms with Crippen LogP contribution in [0.2, 0.25) is 0 Å². The maximum Gasteiger partial charge on any atom is 0.326 e. The summed E-state index contributed by atoms with van der Waals surface area (Å²) < 4.78 is 5.62. The number of carboxylic acid groups (broad SMARTS) is 1. The number of rotatable bonds is 6. The summed E-state index contributed by atoms with van der Waals surface area (Å²) in [5.41, 5.74) is 0.666. The fraction of sp³-hybridized carbons (Fsp3) is 0.500. The van der Waals surface area contributed by atoms with Crippen LogP contribution in [0.15, 0.2) is 15.2 Å². The fourth-order valence-corrected chi connectivity index (χ4v) is 2.06. The van der Waals surface area contributed by atoms with Gasteiger partial charge in [-0.3, -0.25) is 4.79 Å². The Morgan fingerprint density at radius 2 is 2.22 bits per heavy atom. The summed E-state index contributed by atoms with van der Waals surface area (Å²) in [6.07, 6.45) is 2.04. The van der Waals surface area contributed by atoms with Crippen LogP contribution in [0.4, 0.5) is 0 Å². The molecule has 0 fully saturated rings. The van der Waals surface area contributed by atoms with E-state index in [2.05, 4.69) is 21.2 Å². The van der Waals surface area contributed by atoms with E-state index < -0.39 is 17.9 Å². The van der Waals surface area contributed by atoms with E-state index in [0.29, 0.717) is 16.7 Å². The van der Waals surface area contributed by atoms with Crippen LogP contribution in [-0.2, 0) is 4.79 Å². The van der Waals surface area contributed by atoms with Gasteiger partial charge in [0.1, 0.15) is 6.04 Å². The Kier molecular flexibility index (Phi) is 5.40. The van der Waals surface area contributed by atoms with E-state index in [9.17, 15) is 9.59 Å². The molecule has 0 saturated carbocycles. The van der Waals surface area contributed by atoms with Crippen LogP contribution in [0, 0.1) is 6.92 Å². The summed E-state index contributed by atoms with van der Waals surface area (Å²) in [4.78, 5) is 22.9. The number of carboxylic acids is 1. The van der Waals surface area contributed by atoms with Gasteiger partial charge in [-0.2, -0.15) is 0 Å². The van der Waals surface area contributed by atoms with Crippen LogP contribution in [0.25, 0.3) is 0 Å². The minimum absolute atomic E-state index is 0.143. The van der Waals surface area contributed by atoms with E-state index in [1.807, 2.05) is 6.92 Å². The van der Waals surface area contributed by atoms with Crippen molar-refractivity contribution in [1.29, 1.82) is 0 Å². The average Bonchev–Trinajstić information content (AvgIpc) is 2.63. The van der Waals surface area contributed by atoms with E-state index in [1.165, 1.54) is 0 Å². The Hall–Kier alpha value is -1.30. The first-order chi connectivity index (χ1) is 8.45. The molecular weight excluding hydrogens is 302 g/mol. The van der Waals surface area contributed by atoms with Crippen molar-refractivity contribution in [2.24, 2.45) is 0 Å². The number of hydrogen-bond donors (Lipinski definition) is 2. The summed E-state index contributed by atoms with van der Waals surface area (Å²) in [5.74, 6) is -1.38. The van der Waals surface area contributed by atoms with Gasteiger partial charge in [0.25, 0.3) is 5.91 Å².